The van der Waals surface area contributed by atoms with Gasteiger partial charge in [-0.2, -0.15) is 0 Å². The minimum absolute atomic E-state index is 0.0881. The van der Waals surface area contributed by atoms with Crippen LogP contribution >= 0.6 is 0 Å². The largest absolute Gasteiger partial charge is 0.457 e. The number of carbonyl (C=O) groups excluding carboxylic acids is 2. The Labute approximate surface area is 126 Å². The van der Waals surface area contributed by atoms with Crippen LogP contribution in [0.2, 0.25) is 0 Å². The molecule has 3 atom stereocenters. The van der Waals surface area contributed by atoms with Gasteiger partial charge < -0.3 is 4.74 Å². The summed E-state index contributed by atoms with van der Waals surface area (Å²) in [5.74, 6) is 0.0141. The van der Waals surface area contributed by atoms with E-state index in [1.54, 1.807) is 0 Å². The number of rotatable bonds is 4. The van der Waals surface area contributed by atoms with Gasteiger partial charge in [0.15, 0.2) is 0 Å². The van der Waals surface area contributed by atoms with E-state index in [9.17, 15) is 9.59 Å². The summed E-state index contributed by atoms with van der Waals surface area (Å²) in [5, 5.41) is 0. The molecule has 0 radical (unpaired) electrons. The van der Waals surface area contributed by atoms with Gasteiger partial charge in [-0.25, -0.2) is 4.79 Å². The van der Waals surface area contributed by atoms with Crippen molar-refractivity contribution in [3.05, 3.63) is 35.9 Å². The Hall–Kier alpha value is -1.64. The third kappa shape index (κ3) is 3.52. The van der Waals surface area contributed by atoms with Crippen molar-refractivity contribution in [3.63, 3.8) is 0 Å². The molecule has 0 N–H and O–H groups in total. The molecule has 1 aliphatic rings. The summed E-state index contributed by atoms with van der Waals surface area (Å²) >= 11 is 0. The first kappa shape index (κ1) is 15.7. The van der Waals surface area contributed by atoms with Crippen molar-refractivity contribution in [3.8, 4) is 0 Å². The summed E-state index contributed by atoms with van der Waals surface area (Å²) in [4.78, 5) is 22.0. The number of hydrogen-bond acceptors (Lipinski definition) is 3. The molecule has 1 aromatic rings. The second kappa shape index (κ2) is 6.42. The Bertz CT molecular complexity index is 492. The molecule has 0 aliphatic heterocycles. The summed E-state index contributed by atoms with van der Waals surface area (Å²) in [6, 6.07) is 10.3. The molecule has 0 spiro atoms. The standard InChI is InChI=1S/C18H24O3/c1-13-9-10-15(16(11-13)21-17(20)12-19)18(2,3)14-7-5-4-6-8-14/h4-8,12-13,15-16H,9-11H2,1-3H3/t13-,15?,16?/m1/s1. The Kier molecular flexibility index (Phi) is 4.81. The number of aldehydes is 1. The average Bonchev–Trinajstić information content (AvgIpc) is 2.48. The fourth-order valence-corrected chi connectivity index (χ4v) is 3.54. The molecular weight excluding hydrogens is 264 g/mol. The maximum absolute atomic E-state index is 11.4. The zero-order valence-electron chi connectivity index (χ0n) is 13.0. The maximum atomic E-state index is 11.4. The van der Waals surface area contributed by atoms with Crippen LogP contribution in [0.1, 0.15) is 45.6 Å². The molecule has 114 valence electrons. The van der Waals surface area contributed by atoms with Gasteiger partial charge in [0.1, 0.15) is 6.10 Å². The number of hydrogen-bond donors (Lipinski definition) is 0. The fraction of sp³-hybridized carbons (Fsp3) is 0.556. The lowest BCUT2D eigenvalue weighted by atomic mass is 9.64. The second-order valence-corrected chi connectivity index (χ2v) is 6.71. The van der Waals surface area contributed by atoms with E-state index in [0.29, 0.717) is 5.92 Å². The summed E-state index contributed by atoms with van der Waals surface area (Å²) < 4.78 is 5.42. The molecule has 1 aromatic carbocycles. The predicted octanol–water partition coefficient (Wildman–Crippen LogP) is 3.51. The van der Waals surface area contributed by atoms with Gasteiger partial charge >= 0.3 is 5.97 Å². The van der Waals surface area contributed by atoms with Crippen molar-refractivity contribution in [2.24, 2.45) is 11.8 Å². The topological polar surface area (TPSA) is 43.4 Å². The summed E-state index contributed by atoms with van der Waals surface area (Å²) in [5.41, 5.74) is 1.16. The normalized spacial score (nSPS) is 26.1. The lowest BCUT2D eigenvalue weighted by molar-refractivity contribution is -0.159. The van der Waals surface area contributed by atoms with Gasteiger partial charge in [-0.05, 0) is 29.7 Å². The van der Waals surface area contributed by atoms with Crippen molar-refractivity contribution >= 4 is 12.3 Å². The monoisotopic (exact) mass is 288 g/mol. The Morgan fingerprint density at radius 2 is 1.90 bits per heavy atom. The molecule has 0 bridgehead atoms. The maximum Gasteiger partial charge on any atom is 0.371 e. The smallest absolute Gasteiger partial charge is 0.371 e. The molecule has 1 fully saturated rings. The molecular formula is C18H24O3. The predicted molar refractivity (Wildman–Crippen MR) is 81.9 cm³/mol. The van der Waals surface area contributed by atoms with Crippen LogP contribution in [-0.2, 0) is 19.7 Å². The lowest BCUT2D eigenvalue weighted by Crippen LogP contribution is -2.43. The van der Waals surface area contributed by atoms with Crippen molar-refractivity contribution in [1.82, 2.24) is 0 Å². The van der Waals surface area contributed by atoms with Crippen molar-refractivity contribution < 1.29 is 14.3 Å². The lowest BCUT2D eigenvalue weighted by Gasteiger charge is -2.43. The first-order valence-corrected chi connectivity index (χ1v) is 7.66. The number of benzene rings is 1. The van der Waals surface area contributed by atoms with Gasteiger partial charge in [-0.15, -0.1) is 0 Å². The highest BCUT2D eigenvalue weighted by Gasteiger charge is 2.41. The van der Waals surface area contributed by atoms with E-state index in [1.165, 1.54) is 5.56 Å². The number of carbonyl (C=O) groups is 2. The SMILES string of the molecule is C[C@@H]1CCC(C(C)(C)c2ccccc2)C(OC(=O)C=O)C1. The Morgan fingerprint density at radius 1 is 1.24 bits per heavy atom. The van der Waals surface area contributed by atoms with Crippen molar-refractivity contribution in [2.75, 3.05) is 0 Å². The average molecular weight is 288 g/mol. The molecule has 1 saturated carbocycles. The number of ether oxygens (including phenoxy) is 1. The highest BCUT2D eigenvalue weighted by molar-refractivity contribution is 6.20. The van der Waals surface area contributed by atoms with Crippen LogP contribution in [0.5, 0.6) is 0 Å². The number of esters is 1. The molecule has 1 aliphatic carbocycles. The molecule has 3 nitrogen and oxygen atoms in total. The van der Waals surface area contributed by atoms with Crippen LogP contribution in [0.3, 0.4) is 0 Å². The van der Waals surface area contributed by atoms with Gasteiger partial charge in [0.25, 0.3) is 0 Å². The third-order valence-corrected chi connectivity index (χ3v) is 4.86. The highest BCUT2D eigenvalue weighted by Crippen LogP contribution is 2.43. The first-order valence-electron chi connectivity index (χ1n) is 7.66. The fourth-order valence-electron chi connectivity index (χ4n) is 3.54. The second-order valence-electron chi connectivity index (χ2n) is 6.71. The Balaban J connectivity index is 2.25. The van der Waals surface area contributed by atoms with Gasteiger partial charge in [0, 0.05) is 5.92 Å². The molecule has 3 heteroatoms. The van der Waals surface area contributed by atoms with Crippen LogP contribution < -0.4 is 0 Å². The Morgan fingerprint density at radius 3 is 2.52 bits per heavy atom. The summed E-state index contributed by atoms with van der Waals surface area (Å²) in [6.45, 7) is 6.57. The summed E-state index contributed by atoms with van der Waals surface area (Å²) in [7, 11) is 0. The first-order chi connectivity index (χ1) is 9.95. The highest BCUT2D eigenvalue weighted by atomic mass is 16.5. The van der Waals surface area contributed by atoms with Crippen molar-refractivity contribution in [1.29, 1.82) is 0 Å². The molecule has 0 heterocycles. The van der Waals surface area contributed by atoms with Crippen LogP contribution in [0, 0.1) is 11.8 Å². The van der Waals surface area contributed by atoms with E-state index < -0.39 is 5.97 Å². The zero-order valence-corrected chi connectivity index (χ0v) is 13.0. The van der Waals surface area contributed by atoms with Gasteiger partial charge in [0.05, 0.1) is 0 Å². The quantitative estimate of drug-likeness (QED) is 0.484. The van der Waals surface area contributed by atoms with Gasteiger partial charge in [-0.1, -0.05) is 57.5 Å². The van der Waals surface area contributed by atoms with Crippen LogP contribution in [0.15, 0.2) is 30.3 Å². The van der Waals surface area contributed by atoms with E-state index >= 15 is 0 Å². The van der Waals surface area contributed by atoms with Crippen molar-refractivity contribution in [2.45, 2.75) is 51.6 Å². The third-order valence-electron chi connectivity index (χ3n) is 4.86. The van der Waals surface area contributed by atoms with Gasteiger partial charge in [0.2, 0.25) is 6.29 Å². The van der Waals surface area contributed by atoms with Crippen LogP contribution in [0.25, 0.3) is 0 Å². The molecule has 2 rings (SSSR count). The van der Waals surface area contributed by atoms with E-state index in [1.807, 2.05) is 18.2 Å². The van der Waals surface area contributed by atoms with Crippen LogP contribution in [0.4, 0.5) is 0 Å². The minimum Gasteiger partial charge on any atom is -0.457 e. The molecule has 0 aromatic heterocycles. The van der Waals surface area contributed by atoms with E-state index in [0.717, 1.165) is 19.3 Å². The van der Waals surface area contributed by atoms with E-state index in [2.05, 4.69) is 32.9 Å². The minimum atomic E-state index is -0.747. The van der Waals surface area contributed by atoms with E-state index in [-0.39, 0.29) is 23.7 Å². The van der Waals surface area contributed by atoms with Gasteiger partial charge in [-0.3, -0.25) is 4.79 Å². The molecule has 21 heavy (non-hydrogen) atoms. The molecule has 0 saturated heterocycles. The molecule has 0 amide bonds. The zero-order chi connectivity index (χ0) is 15.5. The summed E-state index contributed by atoms with van der Waals surface area (Å²) in [6.07, 6.45) is 3.07. The van der Waals surface area contributed by atoms with E-state index in [4.69, 9.17) is 4.74 Å². The van der Waals surface area contributed by atoms with Crippen LogP contribution in [-0.4, -0.2) is 18.4 Å². The molecule has 2 unspecified atom stereocenters.